The Hall–Kier alpha value is -1.18. The van der Waals surface area contributed by atoms with Crippen LogP contribution in [0.3, 0.4) is 0 Å². The zero-order chi connectivity index (χ0) is 9.84. The molecule has 0 saturated carbocycles. The summed E-state index contributed by atoms with van der Waals surface area (Å²) in [6.07, 6.45) is 2.31. The predicted molar refractivity (Wildman–Crippen MR) is 52.9 cm³/mol. The van der Waals surface area contributed by atoms with Gasteiger partial charge in [-0.1, -0.05) is 26.8 Å². The van der Waals surface area contributed by atoms with Gasteiger partial charge in [0.1, 0.15) is 5.69 Å². The summed E-state index contributed by atoms with van der Waals surface area (Å²) in [7, 11) is 0. The van der Waals surface area contributed by atoms with E-state index in [1.54, 1.807) is 12.3 Å². The highest BCUT2D eigenvalue weighted by Gasteiger charge is 2.05. The van der Waals surface area contributed by atoms with E-state index in [0.717, 1.165) is 0 Å². The Morgan fingerprint density at radius 2 is 2.15 bits per heavy atom. The lowest BCUT2D eigenvalue weighted by atomic mass is 10.1. The number of nitrogens with zero attached hydrogens (tertiary/aromatic N) is 1. The van der Waals surface area contributed by atoms with Gasteiger partial charge in [0.15, 0.2) is 5.78 Å². The molecule has 1 aromatic heterocycles. The first-order valence-electron chi connectivity index (χ1n) is 4.64. The maximum atomic E-state index is 11.2. The quantitative estimate of drug-likeness (QED) is 0.664. The molecule has 0 atom stereocenters. The molecule has 1 aromatic rings. The molecule has 1 rings (SSSR count). The number of ketones is 1. The molecule has 0 saturated heterocycles. The van der Waals surface area contributed by atoms with E-state index in [1.165, 1.54) is 5.56 Å². The number of aromatic nitrogens is 1. The van der Waals surface area contributed by atoms with Crippen molar-refractivity contribution >= 4 is 5.78 Å². The van der Waals surface area contributed by atoms with E-state index in [2.05, 4.69) is 18.8 Å². The third-order valence-electron chi connectivity index (χ3n) is 2.06. The van der Waals surface area contributed by atoms with Crippen molar-refractivity contribution in [3.63, 3.8) is 0 Å². The van der Waals surface area contributed by atoms with Crippen LogP contribution in [0.4, 0.5) is 0 Å². The Balaban J connectivity index is 2.87. The maximum Gasteiger partial charge on any atom is 0.180 e. The molecule has 0 unspecified atom stereocenters. The molecular formula is C11H15NO. The zero-order valence-corrected chi connectivity index (χ0v) is 8.37. The Kier molecular flexibility index (Phi) is 3.18. The highest BCUT2D eigenvalue weighted by Crippen LogP contribution is 2.13. The Morgan fingerprint density at radius 1 is 1.46 bits per heavy atom. The van der Waals surface area contributed by atoms with Gasteiger partial charge in [0, 0.05) is 12.6 Å². The molecule has 0 aliphatic rings. The number of hydrogen-bond donors (Lipinski definition) is 0. The third-order valence-corrected chi connectivity index (χ3v) is 2.06. The van der Waals surface area contributed by atoms with E-state index < -0.39 is 0 Å². The summed E-state index contributed by atoms with van der Waals surface area (Å²) in [6.45, 7) is 6.07. The van der Waals surface area contributed by atoms with Crippen molar-refractivity contribution in [1.29, 1.82) is 0 Å². The summed E-state index contributed by atoms with van der Waals surface area (Å²) in [5.41, 5.74) is 1.75. The molecule has 0 aromatic carbocycles. The van der Waals surface area contributed by atoms with Crippen molar-refractivity contribution in [3.05, 3.63) is 29.6 Å². The lowest BCUT2D eigenvalue weighted by molar-refractivity contribution is 0.0983. The monoisotopic (exact) mass is 177 g/mol. The van der Waals surface area contributed by atoms with Crippen LogP contribution in [0.2, 0.25) is 0 Å². The van der Waals surface area contributed by atoms with Crippen molar-refractivity contribution in [3.8, 4) is 0 Å². The predicted octanol–water partition coefficient (Wildman–Crippen LogP) is 2.80. The summed E-state index contributed by atoms with van der Waals surface area (Å²) >= 11 is 0. The summed E-state index contributed by atoms with van der Waals surface area (Å²) < 4.78 is 0. The van der Waals surface area contributed by atoms with Crippen LogP contribution in [-0.4, -0.2) is 10.8 Å². The largest absolute Gasteiger partial charge is 0.292 e. The maximum absolute atomic E-state index is 11.2. The molecule has 2 nitrogen and oxygen atoms in total. The molecule has 70 valence electrons. The smallest absolute Gasteiger partial charge is 0.180 e. The molecular weight excluding hydrogens is 162 g/mol. The Bertz CT molecular complexity index is 287. The normalized spacial score (nSPS) is 10.5. The van der Waals surface area contributed by atoms with E-state index in [0.29, 0.717) is 18.0 Å². The lowest BCUT2D eigenvalue weighted by Gasteiger charge is -2.04. The van der Waals surface area contributed by atoms with Gasteiger partial charge in [0.2, 0.25) is 0 Å². The number of carbonyl (C=O) groups excluding carboxylic acids is 1. The fraction of sp³-hybridized carbons (Fsp3) is 0.455. The average Bonchev–Trinajstić information content (AvgIpc) is 2.17. The van der Waals surface area contributed by atoms with Crippen molar-refractivity contribution in [2.45, 2.75) is 33.1 Å². The summed E-state index contributed by atoms with van der Waals surface area (Å²) in [5.74, 6) is 0.577. The van der Waals surface area contributed by atoms with Crippen molar-refractivity contribution in [2.24, 2.45) is 0 Å². The third kappa shape index (κ3) is 2.38. The van der Waals surface area contributed by atoms with Crippen molar-refractivity contribution in [1.82, 2.24) is 4.98 Å². The number of pyridine rings is 1. The van der Waals surface area contributed by atoms with Crippen LogP contribution in [0.5, 0.6) is 0 Å². The van der Waals surface area contributed by atoms with Gasteiger partial charge in [-0.05, 0) is 17.5 Å². The summed E-state index contributed by atoms with van der Waals surface area (Å²) in [4.78, 5) is 15.4. The molecule has 0 radical (unpaired) electrons. The van der Waals surface area contributed by atoms with E-state index in [-0.39, 0.29) is 5.78 Å². The molecule has 13 heavy (non-hydrogen) atoms. The van der Waals surface area contributed by atoms with Crippen molar-refractivity contribution in [2.75, 3.05) is 0 Å². The number of hydrogen-bond acceptors (Lipinski definition) is 2. The minimum atomic E-state index is 0.107. The topological polar surface area (TPSA) is 30.0 Å². The van der Waals surface area contributed by atoms with Crippen LogP contribution in [0.25, 0.3) is 0 Å². The minimum absolute atomic E-state index is 0.107. The highest BCUT2D eigenvalue weighted by atomic mass is 16.1. The molecule has 1 heterocycles. The molecule has 0 fully saturated rings. The standard InChI is InChI=1S/C11H15NO/c1-4-11(13)10-6-5-9(7-12-10)8(2)3/h5-8H,4H2,1-3H3. The SMILES string of the molecule is CCC(=O)c1ccc(C(C)C)cn1. The first kappa shape index (κ1) is 9.90. The average molecular weight is 177 g/mol. The Labute approximate surface area is 79.0 Å². The second-order valence-electron chi connectivity index (χ2n) is 3.41. The van der Waals surface area contributed by atoms with Gasteiger partial charge in [-0.15, -0.1) is 0 Å². The van der Waals surface area contributed by atoms with E-state index in [4.69, 9.17) is 0 Å². The van der Waals surface area contributed by atoms with Crippen LogP contribution >= 0.6 is 0 Å². The molecule has 0 spiro atoms. The summed E-state index contributed by atoms with van der Waals surface area (Å²) in [5, 5.41) is 0. The molecule has 0 bridgehead atoms. The van der Waals surface area contributed by atoms with Crippen LogP contribution in [0.1, 0.15) is 49.2 Å². The Morgan fingerprint density at radius 3 is 2.54 bits per heavy atom. The minimum Gasteiger partial charge on any atom is -0.292 e. The summed E-state index contributed by atoms with van der Waals surface area (Å²) in [6, 6.07) is 3.78. The molecule has 0 aliphatic carbocycles. The van der Waals surface area contributed by atoms with Gasteiger partial charge in [-0.3, -0.25) is 9.78 Å². The lowest BCUT2D eigenvalue weighted by Crippen LogP contribution is -2.00. The molecule has 2 heteroatoms. The number of Topliss-reactive ketones (excluding diaryl/α,β-unsaturated/α-hetero) is 1. The van der Waals surface area contributed by atoms with E-state index in [1.807, 2.05) is 13.0 Å². The van der Waals surface area contributed by atoms with E-state index in [9.17, 15) is 4.79 Å². The highest BCUT2D eigenvalue weighted by molar-refractivity contribution is 5.93. The van der Waals surface area contributed by atoms with Crippen molar-refractivity contribution < 1.29 is 4.79 Å². The van der Waals surface area contributed by atoms with Gasteiger partial charge in [0.25, 0.3) is 0 Å². The second-order valence-corrected chi connectivity index (χ2v) is 3.41. The number of rotatable bonds is 3. The van der Waals surface area contributed by atoms with Crippen LogP contribution in [0, 0.1) is 0 Å². The zero-order valence-electron chi connectivity index (χ0n) is 8.37. The number of carbonyl (C=O) groups is 1. The van der Waals surface area contributed by atoms with Gasteiger partial charge in [0.05, 0.1) is 0 Å². The van der Waals surface area contributed by atoms with Gasteiger partial charge in [-0.2, -0.15) is 0 Å². The molecule has 0 N–H and O–H groups in total. The van der Waals surface area contributed by atoms with Gasteiger partial charge < -0.3 is 0 Å². The fourth-order valence-electron chi connectivity index (χ4n) is 1.09. The van der Waals surface area contributed by atoms with Gasteiger partial charge >= 0.3 is 0 Å². The first-order valence-corrected chi connectivity index (χ1v) is 4.64. The molecule has 0 amide bonds. The van der Waals surface area contributed by atoms with Gasteiger partial charge in [-0.25, -0.2) is 0 Å². The van der Waals surface area contributed by atoms with Crippen LogP contribution < -0.4 is 0 Å². The van der Waals surface area contributed by atoms with Crippen LogP contribution in [0.15, 0.2) is 18.3 Å². The first-order chi connectivity index (χ1) is 6.15. The molecule has 0 aliphatic heterocycles. The second kappa shape index (κ2) is 4.17. The fourth-order valence-corrected chi connectivity index (χ4v) is 1.09. The van der Waals surface area contributed by atoms with Crippen LogP contribution in [-0.2, 0) is 0 Å². The van der Waals surface area contributed by atoms with E-state index >= 15 is 0 Å².